The zero-order chi connectivity index (χ0) is 26.8. The van der Waals surface area contributed by atoms with Crippen molar-refractivity contribution in [2.45, 2.75) is 51.5 Å². The Bertz CT molecular complexity index is 1300. The third-order valence-electron chi connectivity index (χ3n) is 7.95. The molecule has 2 fully saturated rings. The van der Waals surface area contributed by atoms with Crippen LogP contribution >= 0.6 is 0 Å². The van der Waals surface area contributed by atoms with Crippen LogP contribution < -0.4 is 10.6 Å². The molecule has 5 amide bonds. The molecule has 2 aromatic carbocycles. The Morgan fingerprint density at radius 1 is 0.974 bits per heavy atom. The van der Waals surface area contributed by atoms with Crippen molar-refractivity contribution in [2.24, 2.45) is 5.92 Å². The number of benzene rings is 2. The summed E-state index contributed by atoms with van der Waals surface area (Å²) < 4.78 is 0. The lowest BCUT2D eigenvalue weighted by Gasteiger charge is -2.32. The monoisotopic (exact) mass is 516 g/mol. The van der Waals surface area contributed by atoms with Crippen molar-refractivity contribution in [3.63, 3.8) is 0 Å². The molecule has 0 spiro atoms. The minimum absolute atomic E-state index is 0.00418. The number of anilines is 1. The second-order valence-electron chi connectivity index (χ2n) is 10.3. The van der Waals surface area contributed by atoms with Crippen molar-refractivity contribution in [1.82, 2.24) is 15.1 Å². The van der Waals surface area contributed by atoms with Crippen LogP contribution in [0.25, 0.3) is 0 Å². The van der Waals surface area contributed by atoms with E-state index in [4.69, 9.17) is 0 Å². The maximum absolute atomic E-state index is 13.2. The summed E-state index contributed by atoms with van der Waals surface area (Å²) >= 11 is 0. The van der Waals surface area contributed by atoms with Gasteiger partial charge in [0.25, 0.3) is 11.8 Å². The predicted molar refractivity (Wildman–Crippen MR) is 140 cm³/mol. The zero-order valence-corrected chi connectivity index (χ0v) is 21.5. The Labute approximate surface area is 221 Å². The van der Waals surface area contributed by atoms with Gasteiger partial charge in [-0.25, -0.2) is 0 Å². The smallest absolute Gasteiger partial charge is 0.264 e. The van der Waals surface area contributed by atoms with Gasteiger partial charge >= 0.3 is 0 Å². The lowest BCUT2D eigenvalue weighted by molar-refractivity contribution is -0.136. The normalized spacial score (nSPS) is 20.0. The first kappa shape index (κ1) is 25.6. The van der Waals surface area contributed by atoms with Gasteiger partial charge in [0.05, 0.1) is 17.7 Å². The number of aryl methyl sites for hydroxylation is 2. The third kappa shape index (κ3) is 5.05. The molecule has 2 aromatic rings. The Balaban J connectivity index is 1.16. The van der Waals surface area contributed by atoms with E-state index in [9.17, 15) is 24.0 Å². The fourth-order valence-corrected chi connectivity index (χ4v) is 5.67. The number of nitrogens with one attached hydrogen (secondary N) is 2. The number of piperidine rings is 2. The van der Waals surface area contributed by atoms with Gasteiger partial charge in [0, 0.05) is 25.2 Å². The molecule has 3 heterocycles. The van der Waals surface area contributed by atoms with Gasteiger partial charge in [0.2, 0.25) is 17.7 Å². The van der Waals surface area contributed by atoms with Crippen molar-refractivity contribution < 1.29 is 24.0 Å². The van der Waals surface area contributed by atoms with Crippen LogP contribution in [0.5, 0.6) is 0 Å². The zero-order valence-electron chi connectivity index (χ0n) is 21.5. The van der Waals surface area contributed by atoms with E-state index < -0.39 is 29.7 Å². The van der Waals surface area contributed by atoms with E-state index in [0.29, 0.717) is 24.7 Å². The van der Waals surface area contributed by atoms with Crippen LogP contribution in [-0.4, -0.2) is 65.0 Å². The van der Waals surface area contributed by atoms with Crippen molar-refractivity contribution in [3.8, 4) is 0 Å². The van der Waals surface area contributed by atoms with Crippen LogP contribution in [0.1, 0.15) is 63.9 Å². The number of rotatable bonds is 7. The van der Waals surface area contributed by atoms with Gasteiger partial charge in [-0.15, -0.1) is 0 Å². The van der Waals surface area contributed by atoms with Gasteiger partial charge in [0.15, 0.2) is 0 Å². The van der Waals surface area contributed by atoms with Gasteiger partial charge < -0.3 is 10.2 Å². The summed E-state index contributed by atoms with van der Waals surface area (Å²) in [7, 11) is 0. The molecule has 198 valence electrons. The number of carbonyl (C=O) groups is 5. The summed E-state index contributed by atoms with van der Waals surface area (Å²) in [6, 6.07) is 12.3. The summed E-state index contributed by atoms with van der Waals surface area (Å²) in [5, 5.41) is 5.25. The highest BCUT2D eigenvalue weighted by Crippen LogP contribution is 2.32. The first-order valence-electron chi connectivity index (χ1n) is 13.2. The SMILES string of the molecule is Cc1ccccc1CCC1CCN(C(=O)CNc2cccc3c2C(=O)N(C2CCC(=O)NC2=O)C3=O)CC1. The quantitative estimate of drug-likeness (QED) is 0.547. The minimum Gasteiger partial charge on any atom is -0.375 e. The van der Waals surface area contributed by atoms with E-state index in [1.165, 1.54) is 17.2 Å². The maximum Gasteiger partial charge on any atom is 0.264 e. The fourth-order valence-electron chi connectivity index (χ4n) is 5.67. The average Bonchev–Trinajstić information content (AvgIpc) is 3.17. The number of fused-ring (bicyclic) bond motifs is 1. The van der Waals surface area contributed by atoms with Crippen LogP contribution in [0.2, 0.25) is 0 Å². The van der Waals surface area contributed by atoms with Crippen LogP contribution in [-0.2, 0) is 20.8 Å². The average molecular weight is 517 g/mol. The van der Waals surface area contributed by atoms with Crippen LogP contribution in [0.15, 0.2) is 42.5 Å². The lowest BCUT2D eigenvalue weighted by Crippen LogP contribution is -2.54. The first-order chi connectivity index (χ1) is 18.3. The summed E-state index contributed by atoms with van der Waals surface area (Å²) in [6.45, 7) is 3.55. The largest absolute Gasteiger partial charge is 0.375 e. The van der Waals surface area contributed by atoms with Crippen LogP contribution in [0.3, 0.4) is 0 Å². The maximum atomic E-state index is 13.2. The highest BCUT2D eigenvalue weighted by atomic mass is 16.2. The first-order valence-corrected chi connectivity index (χ1v) is 13.2. The lowest BCUT2D eigenvalue weighted by atomic mass is 9.89. The third-order valence-corrected chi connectivity index (χ3v) is 7.95. The van der Waals surface area contributed by atoms with Gasteiger partial charge in [-0.2, -0.15) is 0 Å². The number of hydrogen-bond donors (Lipinski definition) is 2. The molecule has 0 aliphatic carbocycles. The fraction of sp³-hybridized carbons (Fsp3) is 0.414. The summed E-state index contributed by atoms with van der Waals surface area (Å²) in [5.74, 6) is -1.70. The molecular formula is C29H32N4O5. The van der Waals surface area contributed by atoms with Crippen LogP contribution in [0, 0.1) is 12.8 Å². The number of nitrogens with zero attached hydrogens (tertiary/aromatic N) is 2. The topological polar surface area (TPSA) is 116 Å². The second-order valence-corrected chi connectivity index (χ2v) is 10.3. The number of imide groups is 2. The molecule has 2 saturated heterocycles. The van der Waals surface area contributed by atoms with E-state index in [0.717, 1.165) is 30.6 Å². The Morgan fingerprint density at radius 3 is 2.47 bits per heavy atom. The summed E-state index contributed by atoms with van der Waals surface area (Å²) in [4.78, 5) is 65.8. The highest BCUT2D eigenvalue weighted by molar-refractivity contribution is 6.25. The summed E-state index contributed by atoms with van der Waals surface area (Å²) in [6.07, 6.45) is 4.25. The molecule has 1 atom stereocenters. The Morgan fingerprint density at radius 2 is 1.74 bits per heavy atom. The van der Waals surface area contributed by atoms with Gasteiger partial charge in [0.1, 0.15) is 6.04 Å². The van der Waals surface area contributed by atoms with Crippen molar-refractivity contribution in [1.29, 1.82) is 0 Å². The molecule has 3 aliphatic rings. The van der Waals surface area contributed by atoms with Crippen molar-refractivity contribution in [2.75, 3.05) is 25.0 Å². The van der Waals surface area contributed by atoms with E-state index in [1.807, 2.05) is 4.90 Å². The molecule has 0 radical (unpaired) electrons. The second kappa shape index (κ2) is 10.8. The Hall–Kier alpha value is -4.01. The number of likely N-dealkylation sites (tertiary alicyclic amines) is 1. The molecule has 38 heavy (non-hydrogen) atoms. The molecule has 3 aliphatic heterocycles. The van der Waals surface area contributed by atoms with E-state index in [-0.39, 0.29) is 36.4 Å². The molecular weight excluding hydrogens is 484 g/mol. The van der Waals surface area contributed by atoms with E-state index in [1.54, 1.807) is 12.1 Å². The molecule has 0 saturated carbocycles. The number of amides is 5. The van der Waals surface area contributed by atoms with E-state index in [2.05, 4.69) is 41.8 Å². The number of hydrogen-bond acceptors (Lipinski definition) is 6. The van der Waals surface area contributed by atoms with E-state index >= 15 is 0 Å². The van der Waals surface area contributed by atoms with Gasteiger partial charge in [-0.3, -0.25) is 34.2 Å². The van der Waals surface area contributed by atoms with Crippen molar-refractivity contribution >= 4 is 35.2 Å². The number of carbonyl (C=O) groups excluding carboxylic acids is 5. The molecule has 2 N–H and O–H groups in total. The predicted octanol–water partition coefficient (Wildman–Crippen LogP) is 2.68. The summed E-state index contributed by atoms with van der Waals surface area (Å²) in [5.41, 5.74) is 3.43. The molecule has 1 unspecified atom stereocenters. The van der Waals surface area contributed by atoms with Crippen LogP contribution in [0.4, 0.5) is 5.69 Å². The molecule has 0 aromatic heterocycles. The van der Waals surface area contributed by atoms with Gasteiger partial charge in [-0.05, 0) is 68.2 Å². The Kier molecular flexibility index (Phi) is 7.26. The van der Waals surface area contributed by atoms with Crippen molar-refractivity contribution in [3.05, 3.63) is 64.7 Å². The molecule has 9 heteroatoms. The molecule has 0 bridgehead atoms. The van der Waals surface area contributed by atoms with Gasteiger partial charge in [-0.1, -0.05) is 30.3 Å². The molecule has 9 nitrogen and oxygen atoms in total. The molecule has 5 rings (SSSR count). The minimum atomic E-state index is -1.03. The standard InChI is InChI=1S/C29H32N4O5/c1-18-5-2-3-6-20(18)10-9-19-13-15-32(16-14-19)25(35)17-30-22-8-4-7-21-26(22)29(38)33(28(21)37)23-11-12-24(34)31-27(23)36/h2-8,19,23,30H,9-17H2,1H3,(H,31,34,36). The highest BCUT2D eigenvalue weighted by Gasteiger charge is 2.45.